The SMILES string of the molecule is CN(CCO)C1Cc2ccc(Nc3ncc4c(=N)n(-c5c(O)cccc5O)c(=O)n(C)c4n3)cc2C1. The van der Waals surface area contributed by atoms with Crippen LogP contribution in [0.4, 0.5) is 11.6 Å². The molecule has 0 bridgehead atoms. The van der Waals surface area contributed by atoms with Gasteiger partial charge in [-0.25, -0.2) is 14.3 Å². The molecule has 11 nitrogen and oxygen atoms in total. The Labute approximate surface area is 206 Å². The number of hydrogen-bond donors (Lipinski definition) is 5. The van der Waals surface area contributed by atoms with Crippen LogP contribution in [0.2, 0.25) is 0 Å². The first kappa shape index (κ1) is 23.5. The van der Waals surface area contributed by atoms with E-state index in [1.807, 2.05) is 13.1 Å². The number of aryl methyl sites for hydroxylation is 1. The third-order valence-corrected chi connectivity index (χ3v) is 6.71. The Bertz CT molecular complexity index is 1570. The van der Waals surface area contributed by atoms with E-state index >= 15 is 0 Å². The number of phenols is 2. The summed E-state index contributed by atoms with van der Waals surface area (Å²) in [4.78, 5) is 24.1. The van der Waals surface area contributed by atoms with Crippen molar-refractivity contribution in [2.24, 2.45) is 7.05 Å². The molecule has 36 heavy (non-hydrogen) atoms. The van der Waals surface area contributed by atoms with E-state index in [1.165, 1.54) is 47.1 Å². The van der Waals surface area contributed by atoms with Gasteiger partial charge in [0, 0.05) is 31.5 Å². The summed E-state index contributed by atoms with van der Waals surface area (Å²) >= 11 is 0. The number of benzene rings is 2. The quantitative estimate of drug-likeness (QED) is 0.270. The monoisotopic (exact) mass is 489 g/mol. The van der Waals surface area contributed by atoms with Crippen LogP contribution in [0.25, 0.3) is 16.7 Å². The van der Waals surface area contributed by atoms with Gasteiger partial charge >= 0.3 is 5.69 Å². The van der Waals surface area contributed by atoms with E-state index < -0.39 is 5.69 Å². The summed E-state index contributed by atoms with van der Waals surface area (Å²) in [6.45, 7) is 0.764. The fraction of sp³-hybridized carbons (Fsp3) is 0.280. The lowest BCUT2D eigenvalue weighted by atomic mass is 10.1. The number of likely N-dealkylation sites (N-methyl/N-ethyl adjacent to an activating group) is 1. The highest BCUT2D eigenvalue weighted by Crippen LogP contribution is 2.30. The Morgan fingerprint density at radius 2 is 1.89 bits per heavy atom. The van der Waals surface area contributed by atoms with E-state index in [0.29, 0.717) is 12.6 Å². The van der Waals surface area contributed by atoms with Crippen LogP contribution < -0.4 is 16.5 Å². The van der Waals surface area contributed by atoms with Gasteiger partial charge in [-0.05, 0) is 55.3 Å². The number of hydrogen-bond acceptors (Lipinski definition) is 9. The van der Waals surface area contributed by atoms with Crippen molar-refractivity contribution >= 4 is 22.7 Å². The number of nitrogens with one attached hydrogen (secondary N) is 2. The first-order valence-corrected chi connectivity index (χ1v) is 11.5. The maximum atomic E-state index is 13.1. The van der Waals surface area contributed by atoms with Gasteiger partial charge in [-0.3, -0.25) is 9.98 Å². The van der Waals surface area contributed by atoms with Crippen LogP contribution in [0.5, 0.6) is 11.5 Å². The molecule has 5 N–H and O–H groups in total. The molecule has 2 heterocycles. The molecule has 11 heteroatoms. The predicted molar refractivity (Wildman–Crippen MR) is 134 cm³/mol. The number of para-hydroxylation sites is 1. The largest absolute Gasteiger partial charge is 0.506 e. The normalized spacial score (nSPS) is 14.9. The molecule has 2 aromatic heterocycles. The average Bonchev–Trinajstić information content (AvgIpc) is 3.28. The second-order valence-corrected chi connectivity index (χ2v) is 8.98. The third-order valence-electron chi connectivity index (χ3n) is 6.71. The molecule has 0 aliphatic heterocycles. The lowest BCUT2D eigenvalue weighted by molar-refractivity contribution is 0.183. The van der Waals surface area contributed by atoms with E-state index in [2.05, 4.69) is 32.3 Å². The van der Waals surface area contributed by atoms with Gasteiger partial charge in [0.1, 0.15) is 22.7 Å². The summed E-state index contributed by atoms with van der Waals surface area (Å²) in [7, 11) is 3.52. The minimum Gasteiger partial charge on any atom is -0.506 e. The number of nitrogens with zero attached hydrogens (tertiary/aromatic N) is 5. The van der Waals surface area contributed by atoms with Gasteiger partial charge in [0.05, 0.1) is 12.0 Å². The third kappa shape index (κ3) is 3.97. The van der Waals surface area contributed by atoms with Crippen molar-refractivity contribution in [2.45, 2.75) is 18.9 Å². The second kappa shape index (κ2) is 9.10. The van der Waals surface area contributed by atoms with Crippen molar-refractivity contribution in [2.75, 3.05) is 25.5 Å². The fourth-order valence-electron chi connectivity index (χ4n) is 4.72. The lowest BCUT2D eigenvalue weighted by Crippen LogP contribution is -2.38. The number of phenolic OH excluding ortho intramolecular Hbond substituents is 2. The van der Waals surface area contributed by atoms with Crippen molar-refractivity contribution in [3.8, 4) is 17.2 Å². The Morgan fingerprint density at radius 1 is 1.17 bits per heavy atom. The minimum absolute atomic E-state index is 0.131. The van der Waals surface area contributed by atoms with Gasteiger partial charge in [-0.2, -0.15) is 4.98 Å². The molecule has 2 aromatic carbocycles. The highest BCUT2D eigenvalue weighted by atomic mass is 16.3. The number of aromatic hydroxyl groups is 2. The maximum Gasteiger partial charge on any atom is 0.335 e. The molecule has 0 saturated carbocycles. The van der Waals surface area contributed by atoms with Crippen LogP contribution in [0.3, 0.4) is 0 Å². The lowest BCUT2D eigenvalue weighted by Gasteiger charge is -2.22. The van der Waals surface area contributed by atoms with E-state index in [0.717, 1.165) is 23.1 Å². The number of anilines is 2. The average molecular weight is 490 g/mol. The van der Waals surface area contributed by atoms with Crippen molar-refractivity contribution in [3.05, 3.63) is 69.7 Å². The number of aliphatic hydroxyl groups excluding tert-OH is 1. The molecule has 0 saturated heterocycles. The van der Waals surface area contributed by atoms with Gasteiger partial charge in [-0.1, -0.05) is 12.1 Å². The summed E-state index contributed by atoms with van der Waals surface area (Å²) in [5.41, 5.74) is 2.46. The summed E-state index contributed by atoms with van der Waals surface area (Å²) in [6.07, 6.45) is 3.25. The van der Waals surface area contributed by atoms with Crippen LogP contribution in [0, 0.1) is 5.41 Å². The van der Waals surface area contributed by atoms with E-state index in [9.17, 15) is 20.1 Å². The fourth-order valence-corrected chi connectivity index (χ4v) is 4.72. The summed E-state index contributed by atoms with van der Waals surface area (Å²) < 4.78 is 2.17. The molecule has 0 radical (unpaired) electrons. The topological polar surface area (TPSA) is 153 Å². The molecule has 186 valence electrons. The molecule has 1 unspecified atom stereocenters. The molecular weight excluding hydrogens is 462 g/mol. The molecule has 1 aliphatic carbocycles. The van der Waals surface area contributed by atoms with E-state index in [-0.39, 0.29) is 46.3 Å². The van der Waals surface area contributed by atoms with Crippen LogP contribution in [0.1, 0.15) is 11.1 Å². The molecule has 4 aromatic rings. The van der Waals surface area contributed by atoms with Gasteiger partial charge in [0.15, 0.2) is 5.65 Å². The predicted octanol–water partition coefficient (Wildman–Crippen LogP) is 1.14. The Hall–Kier alpha value is -4.22. The summed E-state index contributed by atoms with van der Waals surface area (Å²) in [5, 5.41) is 41.7. The second-order valence-electron chi connectivity index (χ2n) is 8.98. The standard InChI is InChI=1S/C25H27N7O4/c1-30(8-9-33)17-11-14-6-7-16(10-15(14)12-17)28-24-27-13-18-22(26)32(25(36)31(2)23(18)29-24)21-19(34)4-3-5-20(21)35/h3-7,10,13,17,26,33-35H,8-9,11-12H2,1-2H3,(H,27,28,29). The number of aliphatic hydroxyl groups is 1. The van der Waals surface area contributed by atoms with Crippen LogP contribution in [-0.2, 0) is 19.9 Å². The number of aromatic nitrogens is 4. The Morgan fingerprint density at radius 3 is 2.61 bits per heavy atom. The van der Waals surface area contributed by atoms with Gasteiger partial charge in [-0.15, -0.1) is 0 Å². The zero-order chi connectivity index (χ0) is 25.6. The van der Waals surface area contributed by atoms with Gasteiger partial charge in [0.2, 0.25) is 5.95 Å². The molecule has 0 amide bonds. The Balaban J connectivity index is 1.49. The van der Waals surface area contributed by atoms with Crippen molar-refractivity contribution in [1.29, 1.82) is 5.41 Å². The molecular formula is C25H27N7O4. The van der Waals surface area contributed by atoms with Crippen LogP contribution >= 0.6 is 0 Å². The van der Waals surface area contributed by atoms with Gasteiger partial charge in [0.25, 0.3) is 0 Å². The smallest absolute Gasteiger partial charge is 0.335 e. The summed E-state index contributed by atoms with van der Waals surface area (Å²) in [6, 6.07) is 10.5. The van der Waals surface area contributed by atoms with E-state index in [4.69, 9.17) is 5.41 Å². The highest BCUT2D eigenvalue weighted by Gasteiger charge is 2.25. The highest BCUT2D eigenvalue weighted by molar-refractivity contribution is 5.75. The summed E-state index contributed by atoms with van der Waals surface area (Å²) in [5.74, 6) is -0.386. The van der Waals surface area contributed by atoms with Crippen LogP contribution in [-0.4, -0.2) is 65.6 Å². The Kier molecular flexibility index (Phi) is 5.94. The molecule has 0 spiro atoms. The van der Waals surface area contributed by atoms with E-state index in [1.54, 1.807) is 0 Å². The zero-order valence-corrected chi connectivity index (χ0v) is 19.9. The molecule has 0 fully saturated rings. The number of fused-ring (bicyclic) bond motifs is 2. The van der Waals surface area contributed by atoms with Crippen LogP contribution in [0.15, 0.2) is 47.4 Å². The zero-order valence-electron chi connectivity index (χ0n) is 19.9. The molecule has 1 atom stereocenters. The van der Waals surface area contributed by atoms with Crippen molar-refractivity contribution in [1.82, 2.24) is 24.0 Å². The van der Waals surface area contributed by atoms with Gasteiger partial charge < -0.3 is 25.5 Å². The maximum absolute atomic E-state index is 13.1. The first-order valence-electron chi connectivity index (χ1n) is 11.5. The van der Waals surface area contributed by atoms with Crippen molar-refractivity contribution in [3.63, 3.8) is 0 Å². The molecule has 5 rings (SSSR count). The van der Waals surface area contributed by atoms with Crippen molar-refractivity contribution < 1.29 is 15.3 Å². The number of rotatable bonds is 6. The first-order chi connectivity index (χ1) is 17.3. The minimum atomic E-state index is -0.649. The molecule has 1 aliphatic rings.